The zero-order chi connectivity index (χ0) is 21.3. The van der Waals surface area contributed by atoms with Gasteiger partial charge in [-0.3, -0.25) is 9.69 Å². The number of aromatic nitrogens is 1. The lowest BCUT2D eigenvalue weighted by molar-refractivity contribution is 0.0984. The molecule has 1 saturated heterocycles. The Bertz CT molecular complexity index is 1070. The number of nitrogens with zero attached hydrogens (tertiary/aromatic N) is 3. The molecule has 1 fully saturated rings. The van der Waals surface area contributed by atoms with Gasteiger partial charge in [-0.05, 0) is 43.7 Å². The van der Waals surface area contributed by atoms with Gasteiger partial charge in [-0.1, -0.05) is 23.5 Å². The van der Waals surface area contributed by atoms with Crippen molar-refractivity contribution in [3.8, 4) is 0 Å². The van der Waals surface area contributed by atoms with E-state index in [2.05, 4.69) is 4.98 Å². The van der Waals surface area contributed by atoms with Gasteiger partial charge in [0.25, 0.3) is 0 Å². The molecule has 1 aliphatic heterocycles. The SMILES string of the molecule is Cc1ccc(CCC(=O)c2sc(N3CCN(Cc4ccc(F)cc4)C3=O)nc2C)o1. The molecule has 0 N–H and O–H groups in total. The predicted molar refractivity (Wildman–Crippen MR) is 112 cm³/mol. The summed E-state index contributed by atoms with van der Waals surface area (Å²) < 4.78 is 18.6. The second-order valence-electron chi connectivity index (χ2n) is 7.33. The van der Waals surface area contributed by atoms with Crippen LogP contribution in [0.15, 0.2) is 40.8 Å². The molecule has 4 rings (SSSR count). The average Bonchev–Trinajstić information content (AvgIpc) is 3.41. The Hall–Kier alpha value is -3.00. The average molecular weight is 428 g/mol. The van der Waals surface area contributed by atoms with Gasteiger partial charge in [-0.2, -0.15) is 0 Å². The van der Waals surface area contributed by atoms with E-state index in [1.54, 1.807) is 28.9 Å². The third-order valence-electron chi connectivity index (χ3n) is 5.05. The smallest absolute Gasteiger partial charge is 0.326 e. The van der Waals surface area contributed by atoms with E-state index in [-0.39, 0.29) is 17.6 Å². The number of aryl methyl sites for hydroxylation is 3. The quantitative estimate of drug-likeness (QED) is 0.511. The molecule has 30 heavy (non-hydrogen) atoms. The van der Waals surface area contributed by atoms with Gasteiger partial charge in [0.1, 0.15) is 17.3 Å². The number of hydrogen-bond acceptors (Lipinski definition) is 5. The normalized spacial score (nSPS) is 14.0. The van der Waals surface area contributed by atoms with E-state index in [1.165, 1.54) is 23.5 Å². The fourth-order valence-electron chi connectivity index (χ4n) is 3.44. The summed E-state index contributed by atoms with van der Waals surface area (Å²) >= 11 is 1.26. The van der Waals surface area contributed by atoms with Crippen molar-refractivity contribution in [3.05, 3.63) is 69.9 Å². The van der Waals surface area contributed by atoms with Crippen molar-refractivity contribution in [1.29, 1.82) is 0 Å². The summed E-state index contributed by atoms with van der Waals surface area (Å²) in [6, 6.07) is 9.74. The van der Waals surface area contributed by atoms with E-state index in [0.717, 1.165) is 17.1 Å². The Labute approximate surface area is 177 Å². The van der Waals surface area contributed by atoms with Crippen molar-refractivity contribution in [1.82, 2.24) is 9.88 Å². The predicted octanol–water partition coefficient (Wildman–Crippen LogP) is 4.75. The van der Waals surface area contributed by atoms with Gasteiger partial charge in [0.05, 0.1) is 10.6 Å². The summed E-state index contributed by atoms with van der Waals surface area (Å²) in [6.45, 7) is 5.13. The van der Waals surface area contributed by atoms with Crippen LogP contribution in [0.1, 0.15) is 38.9 Å². The Morgan fingerprint density at radius 2 is 1.93 bits per heavy atom. The van der Waals surface area contributed by atoms with Crippen molar-refractivity contribution >= 4 is 28.3 Å². The molecule has 1 aromatic carbocycles. The van der Waals surface area contributed by atoms with Gasteiger partial charge in [0.15, 0.2) is 10.9 Å². The highest BCUT2D eigenvalue weighted by molar-refractivity contribution is 7.17. The number of Topliss-reactive ketones (excluding diaryl/α,β-unsaturated/α-hetero) is 1. The molecule has 0 radical (unpaired) electrons. The number of ketones is 1. The summed E-state index contributed by atoms with van der Waals surface area (Å²) in [7, 11) is 0. The topological polar surface area (TPSA) is 66.7 Å². The highest BCUT2D eigenvalue weighted by Gasteiger charge is 2.32. The van der Waals surface area contributed by atoms with Crippen LogP contribution in [-0.2, 0) is 13.0 Å². The molecule has 3 heterocycles. The number of rotatable bonds is 7. The van der Waals surface area contributed by atoms with E-state index >= 15 is 0 Å². The van der Waals surface area contributed by atoms with Crippen molar-refractivity contribution < 1.29 is 18.4 Å². The monoisotopic (exact) mass is 427 g/mol. The van der Waals surface area contributed by atoms with Crippen molar-refractivity contribution in [2.45, 2.75) is 33.2 Å². The first-order valence-corrected chi connectivity index (χ1v) is 10.6. The molecule has 0 spiro atoms. The Balaban J connectivity index is 1.41. The number of anilines is 1. The van der Waals surface area contributed by atoms with E-state index in [4.69, 9.17) is 4.42 Å². The van der Waals surface area contributed by atoms with Crippen LogP contribution in [0, 0.1) is 19.7 Å². The van der Waals surface area contributed by atoms with Crippen LogP contribution in [0.3, 0.4) is 0 Å². The molecule has 6 nitrogen and oxygen atoms in total. The molecule has 156 valence electrons. The fraction of sp³-hybridized carbons (Fsp3) is 0.318. The molecule has 0 aliphatic carbocycles. The van der Waals surface area contributed by atoms with E-state index in [0.29, 0.717) is 48.2 Å². The lowest BCUT2D eigenvalue weighted by Gasteiger charge is -2.16. The van der Waals surface area contributed by atoms with Gasteiger partial charge in [-0.15, -0.1) is 0 Å². The maximum absolute atomic E-state index is 13.1. The maximum Gasteiger partial charge on any atom is 0.326 e. The molecular formula is C22H22FN3O3S. The molecule has 8 heteroatoms. The second kappa shape index (κ2) is 8.39. The summed E-state index contributed by atoms with van der Waals surface area (Å²) in [4.78, 5) is 33.9. The zero-order valence-corrected chi connectivity index (χ0v) is 17.7. The summed E-state index contributed by atoms with van der Waals surface area (Å²) in [5, 5.41) is 0.538. The third kappa shape index (κ3) is 4.28. The molecule has 0 bridgehead atoms. The Kier molecular flexibility index (Phi) is 5.67. The van der Waals surface area contributed by atoms with Crippen LogP contribution in [0.4, 0.5) is 14.3 Å². The Morgan fingerprint density at radius 1 is 1.17 bits per heavy atom. The highest BCUT2D eigenvalue weighted by atomic mass is 32.1. The van der Waals surface area contributed by atoms with Crippen LogP contribution >= 0.6 is 11.3 Å². The second-order valence-corrected chi connectivity index (χ2v) is 8.31. The molecule has 1 aliphatic rings. The molecule has 2 aromatic heterocycles. The number of carbonyl (C=O) groups is 2. The number of carbonyl (C=O) groups excluding carboxylic acids is 2. The van der Waals surface area contributed by atoms with Crippen LogP contribution in [-0.4, -0.2) is 34.8 Å². The van der Waals surface area contributed by atoms with Crippen LogP contribution in [0.25, 0.3) is 0 Å². The first-order valence-electron chi connectivity index (χ1n) is 9.77. The lowest BCUT2D eigenvalue weighted by Crippen LogP contribution is -2.31. The fourth-order valence-corrected chi connectivity index (χ4v) is 4.50. The number of furan rings is 1. The number of thiazole rings is 1. The Morgan fingerprint density at radius 3 is 2.63 bits per heavy atom. The van der Waals surface area contributed by atoms with Gasteiger partial charge in [0.2, 0.25) is 0 Å². The van der Waals surface area contributed by atoms with Crippen molar-refractivity contribution in [2.75, 3.05) is 18.0 Å². The molecule has 2 amide bonds. The van der Waals surface area contributed by atoms with Crippen molar-refractivity contribution in [3.63, 3.8) is 0 Å². The van der Waals surface area contributed by atoms with Gasteiger partial charge in [0, 0.05) is 32.5 Å². The standard InChI is InChI=1S/C22H22FN3O3S/c1-14-3-8-18(29-14)9-10-19(27)20-15(2)24-21(30-20)26-12-11-25(22(26)28)13-16-4-6-17(23)7-5-16/h3-8H,9-13H2,1-2H3. The number of urea groups is 1. The minimum atomic E-state index is -0.300. The lowest BCUT2D eigenvalue weighted by atomic mass is 10.1. The van der Waals surface area contributed by atoms with Crippen LogP contribution in [0.2, 0.25) is 0 Å². The van der Waals surface area contributed by atoms with E-state index in [1.807, 2.05) is 19.1 Å². The van der Waals surface area contributed by atoms with Crippen LogP contribution in [0.5, 0.6) is 0 Å². The summed E-state index contributed by atoms with van der Waals surface area (Å²) in [5.41, 5.74) is 1.51. The number of amides is 2. The maximum atomic E-state index is 13.1. The number of halogens is 1. The van der Waals surface area contributed by atoms with Gasteiger partial charge >= 0.3 is 6.03 Å². The van der Waals surface area contributed by atoms with Gasteiger partial charge < -0.3 is 9.32 Å². The molecule has 0 unspecified atom stereocenters. The molecule has 0 saturated carbocycles. The number of hydrogen-bond donors (Lipinski definition) is 0. The first-order chi connectivity index (χ1) is 14.4. The third-order valence-corrected chi connectivity index (χ3v) is 6.27. The van der Waals surface area contributed by atoms with Crippen LogP contribution < -0.4 is 4.90 Å². The molecule has 0 atom stereocenters. The first kappa shape index (κ1) is 20.3. The van der Waals surface area contributed by atoms with Gasteiger partial charge in [-0.25, -0.2) is 14.2 Å². The molecule has 3 aromatic rings. The van der Waals surface area contributed by atoms with E-state index < -0.39 is 0 Å². The minimum Gasteiger partial charge on any atom is -0.466 e. The summed E-state index contributed by atoms with van der Waals surface area (Å²) in [6.07, 6.45) is 0.869. The van der Waals surface area contributed by atoms with E-state index in [9.17, 15) is 14.0 Å². The minimum absolute atomic E-state index is 0.000109. The highest BCUT2D eigenvalue weighted by Crippen LogP contribution is 2.30. The zero-order valence-electron chi connectivity index (χ0n) is 16.9. The summed E-state index contributed by atoms with van der Waals surface area (Å²) in [5.74, 6) is 1.31. The number of benzene rings is 1. The largest absolute Gasteiger partial charge is 0.466 e. The van der Waals surface area contributed by atoms with Crippen molar-refractivity contribution in [2.24, 2.45) is 0 Å². The molecular weight excluding hydrogens is 405 g/mol.